The number of nitrogens with zero attached hydrogens (tertiary/aromatic N) is 5. The van der Waals surface area contributed by atoms with Crippen molar-refractivity contribution in [3.05, 3.63) is 47.9 Å². The Morgan fingerprint density at radius 2 is 2.04 bits per heavy atom. The van der Waals surface area contributed by atoms with Gasteiger partial charge in [-0.25, -0.2) is 4.98 Å². The Balaban J connectivity index is 1.73. The predicted octanol–water partition coefficient (Wildman–Crippen LogP) is 3.53. The number of halogens is 1. The number of carbonyl (C=O) groups excluding carboxylic acids is 1. The van der Waals surface area contributed by atoms with Gasteiger partial charge in [-0.15, -0.1) is 10.2 Å². The van der Waals surface area contributed by atoms with Crippen molar-refractivity contribution in [1.82, 2.24) is 24.7 Å². The zero-order valence-corrected chi connectivity index (χ0v) is 15.8. The predicted molar refractivity (Wildman–Crippen MR) is 102 cm³/mol. The van der Waals surface area contributed by atoms with Gasteiger partial charge in [0.25, 0.3) is 0 Å². The summed E-state index contributed by atoms with van der Waals surface area (Å²) in [6, 6.07) is 7.10. The van der Waals surface area contributed by atoms with Gasteiger partial charge in [-0.2, -0.15) is 0 Å². The molecule has 0 radical (unpaired) electrons. The number of carbonyl (C=O) groups is 1. The number of aromatic nitrogens is 5. The van der Waals surface area contributed by atoms with Gasteiger partial charge < -0.3 is 9.88 Å². The molecule has 0 saturated carbocycles. The van der Waals surface area contributed by atoms with E-state index in [1.807, 2.05) is 30.5 Å². The van der Waals surface area contributed by atoms with Gasteiger partial charge in [0.15, 0.2) is 11.0 Å². The maximum Gasteiger partial charge on any atom is 0.238 e. The molecule has 0 aromatic carbocycles. The topological polar surface area (TPSA) is 85.6 Å². The Morgan fingerprint density at radius 3 is 2.69 bits per heavy atom. The van der Waals surface area contributed by atoms with Crippen LogP contribution in [0.4, 0.5) is 5.82 Å². The summed E-state index contributed by atoms with van der Waals surface area (Å²) >= 11 is 7.15. The molecule has 0 aliphatic heterocycles. The van der Waals surface area contributed by atoms with Gasteiger partial charge in [0.1, 0.15) is 5.82 Å². The van der Waals surface area contributed by atoms with Gasteiger partial charge in [0, 0.05) is 30.7 Å². The molecule has 0 unspecified atom stereocenters. The summed E-state index contributed by atoms with van der Waals surface area (Å²) in [7, 11) is 0. The SMILES string of the molecule is CCn1c(S[C@@H](C)C(=O)Nc2ccc(Cl)cn2)nnc1-c1ccncc1. The van der Waals surface area contributed by atoms with Crippen molar-refractivity contribution in [3.8, 4) is 11.4 Å². The zero-order valence-electron chi connectivity index (χ0n) is 14.3. The number of amides is 1. The Kier molecular flexibility index (Phi) is 5.85. The lowest BCUT2D eigenvalue weighted by Gasteiger charge is -2.12. The Hall–Kier alpha value is -2.45. The van der Waals surface area contributed by atoms with Crippen molar-refractivity contribution in [3.63, 3.8) is 0 Å². The van der Waals surface area contributed by atoms with Crippen LogP contribution >= 0.6 is 23.4 Å². The number of pyridine rings is 2. The number of hydrogen-bond donors (Lipinski definition) is 1. The third kappa shape index (κ3) is 4.20. The molecule has 134 valence electrons. The summed E-state index contributed by atoms with van der Waals surface area (Å²) in [5, 5.41) is 12.1. The first kappa shape index (κ1) is 18.3. The number of rotatable bonds is 6. The van der Waals surface area contributed by atoms with Crippen molar-refractivity contribution in [2.75, 3.05) is 5.32 Å². The van der Waals surface area contributed by atoms with Crippen molar-refractivity contribution in [1.29, 1.82) is 0 Å². The van der Waals surface area contributed by atoms with Gasteiger partial charge in [0.2, 0.25) is 5.91 Å². The smallest absolute Gasteiger partial charge is 0.238 e. The number of hydrogen-bond acceptors (Lipinski definition) is 6. The first-order chi connectivity index (χ1) is 12.6. The average molecular weight is 389 g/mol. The minimum absolute atomic E-state index is 0.166. The summed E-state index contributed by atoms with van der Waals surface area (Å²) in [6.45, 7) is 4.53. The molecule has 7 nitrogen and oxygen atoms in total. The molecule has 3 aromatic heterocycles. The van der Waals surface area contributed by atoms with Gasteiger partial charge in [-0.05, 0) is 38.1 Å². The number of nitrogens with one attached hydrogen (secondary N) is 1. The zero-order chi connectivity index (χ0) is 18.5. The van der Waals surface area contributed by atoms with E-state index in [1.165, 1.54) is 18.0 Å². The largest absolute Gasteiger partial charge is 0.310 e. The fourth-order valence-electron chi connectivity index (χ4n) is 2.26. The first-order valence-electron chi connectivity index (χ1n) is 8.01. The lowest BCUT2D eigenvalue weighted by Crippen LogP contribution is -2.23. The highest BCUT2D eigenvalue weighted by atomic mass is 35.5. The van der Waals surface area contributed by atoms with Crippen LogP contribution in [0.5, 0.6) is 0 Å². The first-order valence-corrected chi connectivity index (χ1v) is 9.27. The molecular weight excluding hydrogens is 372 g/mol. The summed E-state index contributed by atoms with van der Waals surface area (Å²) in [5.74, 6) is 1.05. The van der Waals surface area contributed by atoms with E-state index in [2.05, 4.69) is 25.5 Å². The minimum atomic E-state index is -0.368. The molecule has 26 heavy (non-hydrogen) atoms. The highest BCUT2D eigenvalue weighted by Gasteiger charge is 2.20. The summed E-state index contributed by atoms with van der Waals surface area (Å²) in [5.41, 5.74) is 0.934. The molecule has 0 aliphatic rings. The molecule has 0 saturated heterocycles. The van der Waals surface area contributed by atoms with Gasteiger partial charge >= 0.3 is 0 Å². The maximum atomic E-state index is 12.4. The van der Waals surface area contributed by atoms with Crippen molar-refractivity contribution < 1.29 is 4.79 Å². The summed E-state index contributed by atoms with van der Waals surface area (Å²) in [4.78, 5) is 20.5. The van der Waals surface area contributed by atoms with Crippen LogP contribution in [0.25, 0.3) is 11.4 Å². The molecule has 0 bridgehead atoms. The van der Waals surface area contributed by atoms with E-state index >= 15 is 0 Å². The van der Waals surface area contributed by atoms with Crippen LogP contribution in [-0.4, -0.2) is 35.9 Å². The normalized spacial score (nSPS) is 12.0. The monoisotopic (exact) mass is 388 g/mol. The molecule has 1 N–H and O–H groups in total. The molecule has 1 amide bonds. The molecule has 1 atom stereocenters. The van der Waals surface area contributed by atoms with E-state index in [9.17, 15) is 4.79 Å². The molecule has 3 aromatic rings. The molecule has 0 spiro atoms. The van der Waals surface area contributed by atoms with Crippen LogP contribution in [0, 0.1) is 0 Å². The van der Waals surface area contributed by atoms with E-state index in [4.69, 9.17) is 11.6 Å². The molecule has 9 heteroatoms. The Bertz CT molecular complexity index is 884. The van der Waals surface area contributed by atoms with Crippen LogP contribution in [-0.2, 0) is 11.3 Å². The fourth-order valence-corrected chi connectivity index (χ4v) is 3.29. The molecule has 3 heterocycles. The van der Waals surface area contributed by atoms with Crippen molar-refractivity contribution in [2.24, 2.45) is 0 Å². The highest BCUT2D eigenvalue weighted by molar-refractivity contribution is 8.00. The fraction of sp³-hybridized carbons (Fsp3) is 0.235. The molecule has 3 rings (SSSR count). The van der Waals surface area contributed by atoms with Gasteiger partial charge in [0.05, 0.1) is 10.3 Å². The third-order valence-electron chi connectivity index (χ3n) is 3.60. The summed E-state index contributed by atoms with van der Waals surface area (Å²) in [6.07, 6.45) is 4.92. The number of anilines is 1. The van der Waals surface area contributed by atoms with Crippen LogP contribution in [0.3, 0.4) is 0 Å². The third-order valence-corrected chi connectivity index (χ3v) is 4.91. The molecular formula is C17H17ClN6OS. The highest BCUT2D eigenvalue weighted by Crippen LogP contribution is 2.27. The summed E-state index contributed by atoms with van der Waals surface area (Å²) < 4.78 is 1.98. The van der Waals surface area contributed by atoms with E-state index in [0.717, 1.165) is 11.4 Å². The number of thioether (sulfide) groups is 1. The van der Waals surface area contributed by atoms with E-state index < -0.39 is 0 Å². The lowest BCUT2D eigenvalue weighted by molar-refractivity contribution is -0.115. The standard InChI is InChI=1S/C17H17ClN6OS/c1-3-24-15(12-6-8-19-9-7-12)22-23-17(24)26-11(2)16(25)21-14-5-4-13(18)10-20-14/h4-11H,3H2,1-2H3,(H,20,21,25)/t11-/m0/s1. The second-order valence-corrected chi connectivity index (χ2v) is 7.14. The minimum Gasteiger partial charge on any atom is -0.310 e. The van der Waals surface area contributed by atoms with E-state index in [-0.39, 0.29) is 11.2 Å². The van der Waals surface area contributed by atoms with Crippen LogP contribution < -0.4 is 5.32 Å². The van der Waals surface area contributed by atoms with Crippen LogP contribution in [0.2, 0.25) is 5.02 Å². The van der Waals surface area contributed by atoms with Gasteiger partial charge in [-0.1, -0.05) is 23.4 Å². The van der Waals surface area contributed by atoms with Crippen molar-refractivity contribution in [2.45, 2.75) is 30.8 Å². The average Bonchev–Trinajstić information content (AvgIpc) is 3.06. The maximum absolute atomic E-state index is 12.4. The lowest BCUT2D eigenvalue weighted by atomic mass is 10.2. The van der Waals surface area contributed by atoms with Gasteiger partial charge in [-0.3, -0.25) is 9.78 Å². The van der Waals surface area contributed by atoms with Crippen LogP contribution in [0.15, 0.2) is 48.0 Å². The second-order valence-electron chi connectivity index (χ2n) is 5.40. The second kappa shape index (κ2) is 8.29. The Labute approximate surface area is 160 Å². The Morgan fingerprint density at radius 1 is 1.27 bits per heavy atom. The quantitative estimate of drug-likeness (QED) is 0.650. The van der Waals surface area contributed by atoms with Crippen LogP contribution in [0.1, 0.15) is 13.8 Å². The van der Waals surface area contributed by atoms with Crippen molar-refractivity contribution >= 4 is 35.1 Å². The van der Waals surface area contributed by atoms with E-state index in [1.54, 1.807) is 24.5 Å². The van der Waals surface area contributed by atoms with E-state index in [0.29, 0.717) is 22.5 Å². The molecule has 0 fully saturated rings. The molecule has 0 aliphatic carbocycles.